The Labute approximate surface area is 73.8 Å². The molecule has 0 saturated carbocycles. The fraction of sp³-hybridized carbons (Fsp3) is 0.500. The maximum Gasteiger partial charge on any atom is 0.0406 e. The quantitative estimate of drug-likeness (QED) is 0.734. The van der Waals surface area contributed by atoms with Crippen molar-refractivity contribution in [3.05, 3.63) is 30.1 Å². The molecule has 66 valence electrons. The second kappa shape index (κ2) is 4.88. The summed E-state index contributed by atoms with van der Waals surface area (Å²) in [6, 6.07) is 6.03. The van der Waals surface area contributed by atoms with Crippen LogP contribution in [0, 0.1) is 5.92 Å². The molecule has 0 saturated heterocycles. The first-order chi connectivity index (χ1) is 5.83. The first-order valence-corrected chi connectivity index (χ1v) is 4.43. The molecule has 0 amide bonds. The molecule has 2 N–H and O–H groups in total. The molecule has 12 heavy (non-hydrogen) atoms. The number of hydrogen-bond acceptors (Lipinski definition) is 2. The van der Waals surface area contributed by atoms with E-state index in [-0.39, 0.29) is 0 Å². The molecule has 2 heteroatoms. The molecule has 0 radical (unpaired) electrons. The topological polar surface area (TPSA) is 38.9 Å². The van der Waals surface area contributed by atoms with E-state index in [4.69, 9.17) is 5.73 Å². The normalized spacial score (nSPS) is 12.8. The number of aromatic nitrogens is 1. The van der Waals surface area contributed by atoms with Crippen LogP contribution in [-0.2, 0) is 6.42 Å². The second-order valence-electron chi connectivity index (χ2n) is 3.21. The third-order valence-electron chi connectivity index (χ3n) is 1.94. The molecule has 0 aromatic carbocycles. The van der Waals surface area contributed by atoms with Gasteiger partial charge in [-0.25, -0.2) is 0 Å². The third kappa shape index (κ3) is 3.01. The van der Waals surface area contributed by atoms with Gasteiger partial charge in [-0.15, -0.1) is 0 Å². The van der Waals surface area contributed by atoms with E-state index >= 15 is 0 Å². The summed E-state index contributed by atoms with van der Waals surface area (Å²) < 4.78 is 0. The molecule has 1 unspecified atom stereocenters. The number of nitrogens with two attached hydrogens (primary N) is 1. The van der Waals surface area contributed by atoms with Crippen molar-refractivity contribution in [1.82, 2.24) is 4.98 Å². The van der Waals surface area contributed by atoms with Gasteiger partial charge in [0.2, 0.25) is 0 Å². The number of pyridine rings is 1. The average molecular weight is 164 g/mol. The van der Waals surface area contributed by atoms with Gasteiger partial charge < -0.3 is 5.73 Å². The van der Waals surface area contributed by atoms with Crippen LogP contribution in [-0.4, -0.2) is 11.5 Å². The van der Waals surface area contributed by atoms with Crippen LogP contribution in [0.1, 0.15) is 19.0 Å². The zero-order valence-electron chi connectivity index (χ0n) is 7.53. The van der Waals surface area contributed by atoms with Crippen molar-refractivity contribution in [1.29, 1.82) is 0 Å². The first kappa shape index (κ1) is 9.20. The smallest absolute Gasteiger partial charge is 0.0406 e. The maximum absolute atomic E-state index is 5.46. The number of rotatable bonds is 4. The van der Waals surface area contributed by atoms with E-state index in [0.717, 1.165) is 19.4 Å². The highest BCUT2D eigenvalue weighted by molar-refractivity contribution is 5.03. The number of hydrogen-bond donors (Lipinski definition) is 1. The Hall–Kier alpha value is -0.890. The Kier molecular flexibility index (Phi) is 3.74. The molecule has 0 aliphatic carbocycles. The van der Waals surface area contributed by atoms with Crippen LogP contribution in [0.25, 0.3) is 0 Å². The molecule has 0 fully saturated rings. The summed E-state index contributed by atoms with van der Waals surface area (Å²) in [5, 5.41) is 0. The summed E-state index contributed by atoms with van der Waals surface area (Å²) in [5.74, 6) is 0.643. The summed E-state index contributed by atoms with van der Waals surface area (Å²) >= 11 is 0. The van der Waals surface area contributed by atoms with Crippen molar-refractivity contribution in [2.24, 2.45) is 11.7 Å². The lowest BCUT2D eigenvalue weighted by Gasteiger charge is -2.08. The Morgan fingerprint density at radius 3 is 2.92 bits per heavy atom. The monoisotopic (exact) mass is 164 g/mol. The molecule has 0 bridgehead atoms. The van der Waals surface area contributed by atoms with Crippen molar-refractivity contribution in [2.75, 3.05) is 6.54 Å². The van der Waals surface area contributed by atoms with Gasteiger partial charge in [0.15, 0.2) is 0 Å². The van der Waals surface area contributed by atoms with Crippen LogP contribution in [0.2, 0.25) is 0 Å². The summed E-state index contributed by atoms with van der Waals surface area (Å²) in [6.07, 6.45) is 3.96. The van der Waals surface area contributed by atoms with Crippen molar-refractivity contribution < 1.29 is 0 Å². The minimum Gasteiger partial charge on any atom is -0.330 e. The largest absolute Gasteiger partial charge is 0.330 e. The van der Waals surface area contributed by atoms with Crippen molar-refractivity contribution in [3.8, 4) is 0 Å². The maximum atomic E-state index is 5.46. The highest BCUT2D eigenvalue weighted by atomic mass is 14.7. The van der Waals surface area contributed by atoms with Crippen LogP contribution >= 0.6 is 0 Å². The molecule has 1 aromatic heterocycles. The fourth-order valence-corrected chi connectivity index (χ4v) is 1.26. The molecule has 1 rings (SSSR count). The van der Waals surface area contributed by atoms with Gasteiger partial charge in [-0.3, -0.25) is 4.98 Å². The van der Waals surface area contributed by atoms with Gasteiger partial charge in [0.1, 0.15) is 0 Å². The van der Waals surface area contributed by atoms with Crippen LogP contribution in [0.3, 0.4) is 0 Å². The van der Waals surface area contributed by atoms with Gasteiger partial charge in [-0.2, -0.15) is 0 Å². The van der Waals surface area contributed by atoms with E-state index < -0.39 is 0 Å². The lowest BCUT2D eigenvalue weighted by Crippen LogP contribution is -2.08. The summed E-state index contributed by atoms with van der Waals surface area (Å²) in [7, 11) is 0. The summed E-state index contributed by atoms with van der Waals surface area (Å²) in [6.45, 7) is 2.98. The SMILES string of the molecule is CC(CCN)Cc1ccccn1. The van der Waals surface area contributed by atoms with E-state index in [1.54, 1.807) is 0 Å². The highest BCUT2D eigenvalue weighted by Gasteiger charge is 2.02. The van der Waals surface area contributed by atoms with Crippen molar-refractivity contribution in [2.45, 2.75) is 19.8 Å². The molecular formula is C10H16N2. The third-order valence-corrected chi connectivity index (χ3v) is 1.94. The lowest BCUT2D eigenvalue weighted by atomic mass is 10.0. The number of nitrogens with zero attached hydrogens (tertiary/aromatic N) is 1. The van der Waals surface area contributed by atoms with Crippen LogP contribution < -0.4 is 5.73 Å². The zero-order chi connectivity index (χ0) is 8.81. The molecule has 0 aliphatic rings. The molecule has 0 spiro atoms. The van der Waals surface area contributed by atoms with Crippen molar-refractivity contribution >= 4 is 0 Å². The lowest BCUT2D eigenvalue weighted by molar-refractivity contribution is 0.532. The molecule has 1 heterocycles. The van der Waals surface area contributed by atoms with E-state index in [1.165, 1.54) is 5.69 Å². The van der Waals surface area contributed by atoms with Crippen molar-refractivity contribution in [3.63, 3.8) is 0 Å². The van der Waals surface area contributed by atoms with Crippen LogP contribution in [0.15, 0.2) is 24.4 Å². The van der Waals surface area contributed by atoms with E-state index in [0.29, 0.717) is 5.92 Å². The fourth-order valence-electron chi connectivity index (χ4n) is 1.26. The van der Waals surface area contributed by atoms with E-state index in [2.05, 4.69) is 18.0 Å². The highest BCUT2D eigenvalue weighted by Crippen LogP contribution is 2.07. The van der Waals surface area contributed by atoms with Gasteiger partial charge in [-0.1, -0.05) is 13.0 Å². The van der Waals surface area contributed by atoms with E-state index in [9.17, 15) is 0 Å². The molecule has 1 aromatic rings. The molecule has 2 nitrogen and oxygen atoms in total. The average Bonchev–Trinajstić information content (AvgIpc) is 2.06. The van der Waals surface area contributed by atoms with Gasteiger partial charge in [0.25, 0.3) is 0 Å². The van der Waals surface area contributed by atoms with Gasteiger partial charge in [0, 0.05) is 11.9 Å². The Balaban J connectivity index is 2.41. The standard InChI is InChI=1S/C10H16N2/c1-9(5-6-11)8-10-4-2-3-7-12-10/h2-4,7,9H,5-6,8,11H2,1H3. The first-order valence-electron chi connectivity index (χ1n) is 4.43. The minimum atomic E-state index is 0.643. The van der Waals surface area contributed by atoms with Gasteiger partial charge >= 0.3 is 0 Å². The van der Waals surface area contributed by atoms with Crippen LogP contribution in [0.4, 0.5) is 0 Å². The van der Waals surface area contributed by atoms with E-state index in [1.807, 2.05) is 18.3 Å². The van der Waals surface area contributed by atoms with Gasteiger partial charge in [0.05, 0.1) is 0 Å². The summed E-state index contributed by atoms with van der Waals surface area (Å²) in [4.78, 5) is 4.26. The Morgan fingerprint density at radius 1 is 1.50 bits per heavy atom. The zero-order valence-corrected chi connectivity index (χ0v) is 7.53. The second-order valence-corrected chi connectivity index (χ2v) is 3.21. The predicted molar refractivity (Wildman–Crippen MR) is 50.8 cm³/mol. The minimum absolute atomic E-state index is 0.643. The Bertz CT molecular complexity index is 208. The van der Waals surface area contributed by atoms with Crippen LogP contribution in [0.5, 0.6) is 0 Å². The molecule has 1 atom stereocenters. The Morgan fingerprint density at radius 2 is 2.33 bits per heavy atom. The summed E-state index contributed by atoms with van der Waals surface area (Å²) in [5.41, 5.74) is 6.63. The predicted octanol–water partition coefficient (Wildman–Crippen LogP) is 1.61. The van der Waals surface area contributed by atoms with Gasteiger partial charge in [-0.05, 0) is 37.4 Å². The molecular weight excluding hydrogens is 148 g/mol. The molecule has 0 aliphatic heterocycles.